The van der Waals surface area contributed by atoms with Crippen LogP contribution in [0.25, 0.3) is 32.9 Å². The fourth-order valence-corrected chi connectivity index (χ4v) is 4.01. The van der Waals surface area contributed by atoms with Gasteiger partial charge < -0.3 is 10.1 Å². The highest BCUT2D eigenvalue weighted by molar-refractivity contribution is 7.13. The van der Waals surface area contributed by atoms with E-state index in [2.05, 4.69) is 30.5 Å². The molecule has 3 aromatic heterocycles. The van der Waals surface area contributed by atoms with E-state index in [9.17, 15) is 9.18 Å². The number of halogens is 1. The number of thiazole rings is 1. The number of benzene rings is 1. The highest BCUT2D eigenvalue weighted by atomic mass is 32.1. The second-order valence-electron chi connectivity index (χ2n) is 6.77. The Hall–Kier alpha value is -3.11. The van der Waals surface area contributed by atoms with E-state index < -0.39 is 17.8 Å². The van der Waals surface area contributed by atoms with Gasteiger partial charge in [-0.05, 0) is 31.2 Å². The summed E-state index contributed by atoms with van der Waals surface area (Å²) in [6.45, 7) is 0.962. The van der Waals surface area contributed by atoms with E-state index in [4.69, 9.17) is 4.74 Å². The third kappa shape index (κ3) is 3.52. The van der Waals surface area contributed by atoms with E-state index in [0.717, 1.165) is 21.5 Å². The Morgan fingerprint density at radius 1 is 1.28 bits per heavy atom. The molecule has 1 fully saturated rings. The normalized spacial score (nSPS) is 19.5. The molecule has 3 N–H and O–H groups in total. The summed E-state index contributed by atoms with van der Waals surface area (Å²) in [5.41, 5.74) is 2.24. The topological polar surface area (TPSA) is 109 Å². The number of nitrogens with zero attached hydrogens (tertiary/aromatic N) is 3. The lowest BCUT2D eigenvalue weighted by Crippen LogP contribution is -2.45. The molecule has 0 spiro atoms. The highest BCUT2D eigenvalue weighted by Gasteiger charge is 2.27. The maximum atomic E-state index is 14.1. The Morgan fingerprint density at radius 2 is 2.21 bits per heavy atom. The van der Waals surface area contributed by atoms with Crippen LogP contribution in [0, 0.1) is 0 Å². The average Bonchev–Trinajstić information content (AvgIpc) is 3.39. The number of ether oxygens (including phenoxy) is 1. The molecule has 0 unspecified atom stereocenters. The lowest BCUT2D eigenvalue weighted by Gasteiger charge is -2.26. The van der Waals surface area contributed by atoms with Gasteiger partial charge in [0.05, 0.1) is 5.52 Å². The van der Waals surface area contributed by atoms with Crippen molar-refractivity contribution >= 4 is 22.2 Å². The summed E-state index contributed by atoms with van der Waals surface area (Å²) in [5, 5.41) is 14.0. The van der Waals surface area contributed by atoms with Gasteiger partial charge in [-0.1, -0.05) is 0 Å². The molecular weight excluding hydrogens is 395 g/mol. The van der Waals surface area contributed by atoms with Gasteiger partial charge in [-0.3, -0.25) is 14.9 Å². The SMILES string of the molecule is O=c1cc(-c2n[nH]c3ccc(-c4nccs4)cc23)nc(O[C@@H]2CNCC[C@H]2F)[nH]1. The van der Waals surface area contributed by atoms with E-state index in [1.165, 1.54) is 17.4 Å². The molecule has 0 radical (unpaired) electrons. The van der Waals surface area contributed by atoms with E-state index in [1.54, 1.807) is 6.20 Å². The van der Waals surface area contributed by atoms with Crippen LogP contribution in [-0.2, 0) is 0 Å². The zero-order chi connectivity index (χ0) is 19.8. The van der Waals surface area contributed by atoms with Crippen molar-refractivity contribution in [2.45, 2.75) is 18.7 Å². The number of alkyl halides is 1. The van der Waals surface area contributed by atoms with Crippen LogP contribution in [0.2, 0.25) is 0 Å². The molecule has 29 heavy (non-hydrogen) atoms. The lowest BCUT2D eigenvalue weighted by atomic mass is 10.1. The fraction of sp³-hybridized carbons (Fsp3) is 0.263. The second-order valence-corrected chi connectivity index (χ2v) is 7.67. The molecule has 4 heterocycles. The van der Waals surface area contributed by atoms with E-state index in [1.807, 2.05) is 23.6 Å². The molecule has 148 valence electrons. The van der Waals surface area contributed by atoms with Crippen molar-refractivity contribution in [2.24, 2.45) is 0 Å². The number of nitrogens with one attached hydrogen (secondary N) is 3. The summed E-state index contributed by atoms with van der Waals surface area (Å²) in [6, 6.07) is 7.16. The average molecular weight is 412 g/mol. The molecular formula is C19H17FN6O2S. The molecule has 2 atom stereocenters. The zero-order valence-electron chi connectivity index (χ0n) is 15.2. The minimum absolute atomic E-state index is 0.0175. The van der Waals surface area contributed by atoms with Gasteiger partial charge in [0.1, 0.15) is 28.7 Å². The van der Waals surface area contributed by atoms with Crippen LogP contribution < -0.4 is 15.6 Å². The van der Waals surface area contributed by atoms with Crippen LogP contribution in [0.3, 0.4) is 0 Å². The van der Waals surface area contributed by atoms with Gasteiger partial charge >= 0.3 is 0 Å². The van der Waals surface area contributed by atoms with E-state index >= 15 is 0 Å². The predicted molar refractivity (Wildman–Crippen MR) is 108 cm³/mol. The van der Waals surface area contributed by atoms with Crippen molar-refractivity contribution in [1.29, 1.82) is 0 Å². The number of hydrogen-bond acceptors (Lipinski definition) is 7. The minimum atomic E-state index is -1.11. The van der Waals surface area contributed by atoms with Crippen molar-refractivity contribution in [3.8, 4) is 28.0 Å². The van der Waals surface area contributed by atoms with Crippen molar-refractivity contribution in [2.75, 3.05) is 13.1 Å². The standard InChI is InChI=1S/C19H17FN6O2S/c20-12-3-4-21-9-15(12)28-19-23-14(8-16(27)24-19)17-11-7-10(18-22-5-6-29-18)1-2-13(11)25-26-17/h1-2,5-8,12,15,21H,3-4,9H2,(H,25,26)(H,23,24,27)/t12-,15-/m1/s1. The molecule has 0 bridgehead atoms. The number of rotatable bonds is 4. The summed E-state index contributed by atoms with van der Waals surface area (Å²) in [6.07, 6.45) is 0.297. The molecule has 8 nitrogen and oxygen atoms in total. The number of piperidine rings is 1. The molecule has 0 saturated carbocycles. The van der Waals surface area contributed by atoms with Gasteiger partial charge in [-0.15, -0.1) is 11.3 Å². The van der Waals surface area contributed by atoms with Crippen LogP contribution in [0.15, 0.2) is 40.6 Å². The third-order valence-electron chi connectivity index (χ3n) is 4.81. The van der Waals surface area contributed by atoms with Crippen LogP contribution in [0.4, 0.5) is 4.39 Å². The van der Waals surface area contributed by atoms with Crippen LogP contribution in [-0.4, -0.2) is 50.5 Å². The fourth-order valence-electron chi connectivity index (χ4n) is 3.38. The first-order valence-electron chi connectivity index (χ1n) is 9.18. The van der Waals surface area contributed by atoms with Crippen LogP contribution in [0.1, 0.15) is 6.42 Å². The van der Waals surface area contributed by atoms with Gasteiger partial charge in [0.25, 0.3) is 11.6 Å². The number of hydrogen-bond donors (Lipinski definition) is 3. The van der Waals surface area contributed by atoms with Gasteiger partial charge in [0.15, 0.2) is 0 Å². The summed E-state index contributed by atoms with van der Waals surface area (Å²) >= 11 is 1.54. The molecule has 5 rings (SSSR count). The van der Waals surface area contributed by atoms with E-state index in [-0.39, 0.29) is 6.01 Å². The summed E-state index contributed by atoms with van der Waals surface area (Å²) in [5.74, 6) is 0. The summed E-state index contributed by atoms with van der Waals surface area (Å²) < 4.78 is 19.7. The Labute approximate surface area is 168 Å². The zero-order valence-corrected chi connectivity index (χ0v) is 16.0. The van der Waals surface area contributed by atoms with Crippen molar-refractivity contribution < 1.29 is 9.13 Å². The van der Waals surface area contributed by atoms with Crippen molar-refractivity contribution in [3.63, 3.8) is 0 Å². The van der Waals surface area contributed by atoms with Crippen LogP contribution in [0.5, 0.6) is 6.01 Å². The highest BCUT2D eigenvalue weighted by Crippen LogP contribution is 2.30. The number of H-pyrrole nitrogens is 2. The quantitative estimate of drug-likeness (QED) is 0.475. The summed E-state index contributed by atoms with van der Waals surface area (Å²) in [4.78, 5) is 23.4. The molecule has 1 saturated heterocycles. The molecule has 1 aliphatic heterocycles. The predicted octanol–water partition coefficient (Wildman–Crippen LogP) is 2.52. The van der Waals surface area contributed by atoms with Gasteiger partial charge in [-0.25, -0.2) is 9.37 Å². The molecule has 0 amide bonds. The molecule has 4 aromatic rings. The monoisotopic (exact) mass is 412 g/mol. The number of fused-ring (bicyclic) bond motifs is 1. The minimum Gasteiger partial charge on any atom is -0.457 e. The second kappa shape index (κ2) is 7.37. The first kappa shape index (κ1) is 18.0. The Morgan fingerprint density at radius 3 is 3.03 bits per heavy atom. The number of aromatic amines is 2. The third-order valence-corrected chi connectivity index (χ3v) is 5.64. The first-order valence-corrected chi connectivity index (χ1v) is 10.1. The molecule has 0 aliphatic carbocycles. The van der Waals surface area contributed by atoms with Gasteiger partial charge in [0, 0.05) is 35.1 Å². The van der Waals surface area contributed by atoms with Crippen molar-refractivity contribution in [1.82, 2.24) is 30.5 Å². The molecule has 10 heteroatoms. The summed E-state index contributed by atoms with van der Waals surface area (Å²) in [7, 11) is 0. The Balaban J connectivity index is 1.53. The number of aromatic nitrogens is 5. The van der Waals surface area contributed by atoms with Crippen molar-refractivity contribution in [3.05, 3.63) is 46.2 Å². The smallest absolute Gasteiger partial charge is 0.297 e. The first-order chi connectivity index (χ1) is 14.2. The maximum Gasteiger partial charge on any atom is 0.297 e. The largest absolute Gasteiger partial charge is 0.457 e. The maximum absolute atomic E-state index is 14.1. The Kier molecular flexibility index (Phi) is 4.57. The van der Waals surface area contributed by atoms with E-state index in [0.29, 0.717) is 30.9 Å². The Bertz CT molecular complexity index is 1210. The lowest BCUT2D eigenvalue weighted by molar-refractivity contribution is 0.0666. The van der Waals surface area contributed by atoms with Crippen LogP contribution >= 0.6 is 11.3 Å². The van der Waals surface area contributed by atoms with Gasteiger partial charge in [-0.2, -0.15) is 10.1 Å². The molecule has 1 aromatic carbocycles. The van der Waals surface area contributed by atoms with Gasteiger partial charge in [0.2, 0.25) is 0 Å². The molecule has 1 aliphatic rings.